The molecule has 3 heterocycles. The van der Waals surface area contributed by atoms with Gasteiger partial charge in [0.15, 0.2) is 0 Å². The molecular formula is C33H58N6O5. The van der Waals surface area contributed by atoms with Gasteiger partial charge in [-0.3, -0.25) is 35.2 Å². The van der Waals surface area contributed by atoms with Gasteiger partial charge in [-0.25, -0.2) is 0 Å². The van der Waals surface area contributed by atoms with Crippen molar-refractivity contribution in [1.82, 2.24) is 31.1 Å². The van der Waals surface area contributed by atoms with E-state index >= 15 is 0 Å². The lowest BCUT2D eigenvalue weighted by atomic mass is 9.75. The highest BCUT2D eigenvalue weighted by Crippen LogP contribution is 2.34. The van der Waals surface area contributed by atoms with Gasteiger partial charge in [0, 0.05) is 64.4 Å². The SMILES string of the molecule is CC(C)(C)OC(=O)CNC(=O)C1CCC(C2CNC(NC3CCCC(CN4CCN(C(=O)C5CCCO5)CC4)C3)NC2)CC1. The minimum absolute atomic E-state index is 0.00949. The molecule has 0 aromatic heterocycles. The van der Waals surface area contributed by atoms with E-state index in [4.69, 9.17) is 9.47 Å². The molecule has 3 unspecified atom stereocenters. The Morgan fingerprint density at radius 2 is 1.61 bits per heavy atom. The number of amides is 2. The van der Waals surface area contributed by atoms with E-state index in [2.05, 4.69) is 26.2 Å². The second-order valence-electron chi connectivity index (χ2n) is 14.9. The van der Waals surface area contributed by atoms with Crippen LogP contribution >= 0.6 is 0 Å². The van der Waals surface area contributed by atoms with Crippen LogP contribution in [0.2, 0.25) is 0 Å². The highest BCUT2D eigenvalue weighted by atomic mass is 16.6. The highest BCUT2D eigenvalue weighted by molar-refractivity contribution is 5.83. The van der Waals surface area contributed by atoms with Gasteiger partial charge in [0.2, 0.25) is 5.91 Å². The number of carbonyl (C=O) groups is 3. The molecule has 11 nitrogen and oxygen atoms in total. The van der Waals surface area contributed by atoms with Gasteiger partial charge in [-0.2, -0.15) is 0 Å². The number of carbonyl (C=O) groups excluding carboxylic acids is 3. The zero-order valence-corrected chi connectivity index (χ0v) is 27.4. The van der Waals surface area contributed by atoms with Gasteiger partial charge < -0.3 is 19.7 Å². The van der Waals surface area contributed by atoms with E-state index < -0.39 is 5.60 Å². The van der Waals surface area contributed by atoms with Gasteiger partial charge in [-0.15, -0.1) is 0 Å². The van der Waals surface area contributed by atoms with E-state index in [1.807, 2.05) is 25.7 Å². The normalized spacial score (nSPS) is 34.0. The number of esters is 1. The molecule has 5 aliphatic rings. The van der Waals surface area contributed by atoms with E-state index in [1.165, 1.54) is 25.7 Å². The molecule has 0 aromatic carbocycles. The van der Waals surface area contributed by atoms with Crippen molar-refractivity contribution in [2.24, 2.45) is 23.7 Å². The first-order valence-electron chi connectivity index (χ1n) is 17.5. The number of ether oxygens (including phenoxy) is 2. The van der Waals surface area contributed by atoms with Crippen LogP contribution < -0.4 is 21.3 Å². The predicted octanol–water partition coefficient (Wildman–Crippen LogP) is 1.81. The minimum atomic E-state index is -0.541. The smallest absolute Gasteiger partial charge is 0.325 e. The molecule has 4 N–H and O–H groups in total. The molecule has 11 heteroatoms. The third kappa shape index (κ3) is 9.85. The first kappa shape index (κ1) is 33.6. The molecule has 2 aliphatic carbocycles. The lowest BCUT2D eigenvalue weighted by Crippen LogP contribution is -2.63. The predicted molar refractivity (Wildman–Crippen MR) is 168 cm³/mol. The molecule has 3 atom stereocenters. The second kappa shape index (κ2) is 15.7. The van der Waals surface area contributed by atoms with Crippen molar-refractivity contribution < 1.29 is 23.9 Å². The number of nitrogens with zero attached hydrogens (tertiary/aromatic N) is 2. The topological polar surface area (TPSA) is 124 Å². The van der Waals surface area contributed by atoms with Crippen LogP contribution in [-0.2, 0) is 23.9 Å². The third-order valence-corrected chi connectivity index (χ3v) is 10.4. The Morgan fingerprint density at radius 1 is 0.886 bits per heavy atom. The van der Waals surface area contributed by atoms with Crippen molar-refractivity contribution in [2.75, 3.05) is 59.0 Å². The quantitative estimate of drug-likeness (QED) is 0.287. The summed E-state index contributed by atoms with van der Waals surface area (Å²) < 4.78 is 10.9. The van der Waals surface area contributed by atoms with Crippen molar-refractivity contribution in [1.29, 1.82) is 0 Å². The van der Waals surface area contributed by atoms with Crippen LogP contribution in [0.3, 0.4) is 0 Å². The summed E-state index contributed by atoms with van der Waals surface area (Å²) in [6.07, 6.45) is 10.7. The maximum absolute atomic E-state index is 12.7. The molecule has 2 saturated carbocycles. The van der Waals surface area contributed by atoms with Crippen LogP contribution in [0.4, 0.5) is 0 Å². The number of piperazine rings is 1. The Hall–Kier alpha value is -1.79. The first-order chi connectivity index (χ1) is 21.1. The van der Waals surface area contributed by atoms with Crippen LogP contribution in [-0.4, -0.2) is 111 Å². The van der Waals surface area contributed by atoms with Gasteiger partial charge in [0.25, 0.3) is 5.91 Å². The molecular weight excluding hydrogens is 560 g/mol. The monoisotopic (exact) mass is 618 g/mol. The Labute approximate surface area is 264 Å². The molecule has 2 amide bonds. The number of rotatable bonds is 9. The van der Waals surface area contributed by atoms with Gasteiger partial charge in [-0.1, -0.05) is 6.42 Å². The second-order valence-corrected chi connectivity index (χ2v) is 14.9. The van der Waals surface area contributed by atoms with Crippen molar-refractivity contribution in [3.8, 4) is 0 Å². The highest BCUT2D eigenvalue weighted by Gasteiger charge is 2.35. The van der Waals surface area contributed by atoms with Crippen molar-refractivity contribution >= 4 is 17.8 Å². The fourth-order valence-electron chi connectivity index (χ4n) is 8.00. The average molecular weight is 619 g/mol. The van der Waals surface area contributed by atoms with E-state index in [0.717, 1.165) is 90.9 Å². The maximum Gasteiger partial charge on any atom is 0.325 e. The molecule has 44 heavy (non-hydrogen) atoms. The minimum Gasteiger partial charge on any atom is -0.459 e. The summed E-state index contributed by atoms with van der Waals surface area (Å²) in [6, 6.07) is 0.521. The fourth-order valence-corrected chi connectivity index (χ4v) is 8.00. The first-order valence-corrected chi connectivity index (χ1v) is 17.5. The zero-order valence-electron chi connectivity index (χ0n) is 27.4. The molecule has 5 rings (SSSR count). The van der Waals surface area contributed by atoms with E-state index in [9.17, 15) is 14.4 Å². The largest absolute Gasteiger partial charge is 0.459 e. The standard InChI is InChI=1S/C33H58N6O5/c1-33(2,3)44-29(40)21-34-30(41)25-11-9-24(10-12-25)26-19-35-32(36-20-26)37-27-7-4-6-23(18-27)22-38-13-15-39(16-14-38)31(42)28-8-5-17-43-28/h23-28,32,35-37H,4-22H2,1-3H3,(H,34,41). The van der Waals surface area contributed by atoms with Crippen LogP contribution in [0.15, 0.2) is 0 Å². The summed E-state index contributed by atoms with van der Waals surface area (Å²) in [4.78, 5) is 41.8. The molecule has 0 spiro atoms. The Kier molecular flexibility index (Phi) is 12.0. The summed E-state index contributed by atoms with van der Waals surface area (Å²) in [5, 5.41) is 14.1. The molecule has 3 saturated heterocycles. The molecule has 3 aliphatic heterocycles. The summed E-state index contributed by atoms with van der Waals surface area (Å²) in [5.74, 6) is 1.68. The third-order valence-electron chi connectivity index (χ3n) is 10.4. The van der Waals surface area contributed by atoms with Crippen LogP contribution in [0.1, 0.15) is 85.0 Å². The Bertz CT molecular complexity index is 945. The summed E-state index contributed by atoms with van der Waals surface area (Å²) in [5.41, 5.74) is -0.541. The Morgan fingerprint density at radius 3 is 2.27 bits per heavy atom. The number of nitrogens with one attached hydrogen (secondary N) is 4. The average Bonchev–Trinajstić information content (AvgIpc) is 3.55. The van der Waals surface area contributed by atoms with Gasteiger partial charge in [-0.05, 0) is 96.3 Å². The van der Waals surface area contributed by atoms with Gasteiger partial charge >= 0.3 is 5.97 Å². The molecule has 0 aromatic rings. The lowest BCUT2D eigenvalue weighted by Gasteiger charge is -2.42. The number of hydrogen-bond donors (Lipinski definition) is 4. The molecule has 250 valence electrons. The molecule has 5 fully saturated rings. The summed E-state index contributed by atoms with van der Waals surface area (Å²) in [7, 11) is 0. The lowest BCUT2D eigenvalue weighted by molar-refractivity contribution is -0.154. The maximum atomic E-state index is 12.7. The van der Waals surface area contributed by atoms with Crippen LogP contribution in [0.25, 0.3) is 0 Å². The summed E-state index contributed by atoms with van der Waals surface area (Å²) in [6.45, 7) is 12.9. The van der Waals surface area contributed by atoms with Crippen LogP contribution in [0, 0.1) is 23.7 Å². The molecule has 0 radical (unpaired) electrons. The van der Waals surface area contributed by atoms with E-state index in [1.54, 1.807) is 0 Å². The van der Waals surface area contributed by atoms with Crippen molar-refractivity contribution in [3.63, 3.8) is 0 Å². The van der Waals surface area contributed by atoms with Crippen molar-refractivity contribution in [2.45, 2.75) is 109 Å². The number of hydrogen-bond acceptors (Lipinski definition) is 9. The Balaban J connectivity index is 0.946. The fraction of sp³-hybridized carbons (Fsp3) is 0.909. The van der Waals surface area contributed by atoms with Gasteiger partial charge in [0.05, 0.1) is 0 Å². The van der Waals surface area contributed by atoms with Crippen molar-refractivity contribution in [3.05, 3.63) is 0 Å². The summed E-state index contributed by atoms with van der Waals surface area (Å²) >= 11 is 0. The van der Waals surface area contributed by atoms with Crippen LogP contribution in [0.5, 0.6) is 0 Å². The molecule has 0 bridgehead atoms. The van der Waals surface area contributed by atoms with Gasteiger partial charge in [0.1, 0.15) is 24.5 Å². The van der Waals surface area contributed by atoms with E-state index in [0.29, 0.717) is 23.8 Å². The van der Waals surface area contributed by atoms with E-state index in [-0.39, 0.29) is 42.6 Å². The zero-order chi connectivity index (χ0) is 31.1.